The summed E-state index contributed by atoms with van der Waals surface area (Å²) in [6, 6.07) is 0.620. The molecule has 0 radical (unpaired) electrons. The standard InChI is InChI=1S/C4H10N2/c5-3-1-2-4(3)6/h3-4H,1-2,5-6H2/t3-,4-/m0/s1. The largest absolute Gasteiger partial charge is 0.326 e. The van der Waals surface area contributed by atoms with Gasteiger partial charge in [0.2, 0.25) is 0 Å². The number of nitrogens with two attached hydrogens (primary N) is 2. The van der Waals surface area contributed by atoms with Crippen molar-refractivity contribution in [2.24, 2.45) is 11.5 Å². The molecule has 0 aliphatic heterocycles. The van der Waals surface area contributed by atoms with Gasteiger partial charge in [-0.05, 0) is 12.8 Å². The summed E-state index contributed by atoms with van der Waals surface area (Å²) in [6.07, 6.45) is 2.25. The molecule has 1 aliphatic rings. The lowest BCUT2D eigenvalue weighted by molar-refractivity contribution is 0.347. The van der Waals surface area contributed by atoms with E-state index in [4.69, 9.17) is 11.5 Å². The molecule has 36 valence electrons. The van der Waals surface area contributed by atoms with E-state index in [1.54, 1.807) is 0 Å². The minimum atomic E-state index is 0.310. The maximum Gasteiger partial charge on any atom is 0.0192 e. The first-order chi connectivity index (χ1) is 2.80. The summed E-state index contributed by atoms with van der Waals surface area (Å²) in [7, 11) is 0. The lowest BCUT2D eigenvalue weighted by Crippen LogP contribution is -2.49. The molecule has 2 heteroatoms. The summed E-state index contributed by atoms with van der Waals surface area (Å²) in [5.41, 5.74) is 10.8. The van der Waals surface area contributed by atoms with Crippen molar-refractivity contribution >= 4 is 0 Å². The zero-order valence-electron chi connectivity index (χ0n) is 3.72. The van der Waals surface area contributed by atoms with Crippen molar-refractivity contribution in [3.63, 3.8) is 0 Å². The van der Waals surface area contributed by atoms with Crippen molar-refractivity contribution in [3.05, 3.63) is 0 Å². The number of hydrogen-bond donors (Lipinski definition) is 2. The molecule has 0 saturated heterocycles. The second-order valence-corrected chi connectivity index (χ2v) is 1.91. The van der Waals surface area contributed by atoms with Crippen LogP contribution >= 0.6 is 0 Å². The second-order valence-electron chi connectivity index (χ2n) is 1.91. The summed E-state index contributed by atoms with van der Waals surface area (Å²) < 4.78 is 0. The fourth-order valence-electron chi connectivity index (χ4n) is 0.552. The molecule has 0 aromatic carbocycles. The first-order valence-corrected chi connectivity index (χ1v) is 2.32. The molecule has 1 aliphatic carbocycles. The van der Waals surface area contributed by atoms with Crippen LogP contribution in [-0.4, -0.2) is 12.1 Å². The predicted molar refractivity (Wildman–Crippen MR) is 25.2 cm³/mol. The molecule has 1 saturated carbocycles. The van der Waals surface area contributed by atoms with Gasteiger partial charge in [-0.3, -0.25) is 0 Å². The summed E-state index contributed by atoms with van der Waals surface area (Å²) in [5.74, 6) is 0. The quantitative estimate of drug-likeness (QED) is 0.415. The Labute approximate surface area is 37.5 Å². The van der Waals surface area contributed by atoms with Crippen LogP contribution in [0.3, 0.4) is 0 Å². The van der Waals surface area contributed by atoms with Crippen LogP contribution in [0.1, 0.15) is 12.8 Å². The van der Waals surface area contributed by atoms with Crippen molar-refractivity contribution in [3.8, 4) is 0 Å². The molecule has 4 N–H and O–H groups in total. The number of hydrogen-bond acceptors (Lipinski definition) is 2. The summed E-state index contributed by atoms with van der Waals surface area (Å²) >= 11 is 0. The van der Waals surface area contributed by atoms with E-state index in [-0.39, 0.29) is 0 Å². The van der Waals surface area contributed by atoms with Crippen LogP contribution in [0.15, 0.2) is 0 Å². The van der Waals surface area contributed by atoms with Gasteiger partial charge in [-0.25, -0.2) is 0 Å². The van der Waals surface area contributed by atoms with E-state index in [2.05, 4.69) is 0 Å². The van der Waals surface area contributed by atoms with Crippen LogP contribution in [-0.2, 0) is 0 Å². The molecule has 1 rings (SSSR count). The fourth-order valence-corrected chi connectivity index (χ4v) is 0.552. The minimum Gasteiger partial charge on any atom is -0.326 e. The van der Waals surface area contributed by atoms with E-state index >= 15 is 0 Å². The highest BCUT2D eigenvalue weighted by Gasteiger charge is 2.22. The Hall–Kier alpha value is -0.0800. The third-order valence-electron chi connectivity index (χ3n) is 1.38. The molecule has 2 atom stereocenters. The van der Waals surface area contributed by atoms with Gasteiger partial charge in [0.05, 0.1) is 0 Å². The van der Waals surface area contributed by atoms with Gasteiger partial charge >= 0.3 is 0 Å². The Morgan fingerprint density at radius 3 is 1.33 bits per heavy atom. The van der Waals surface area contributed by atoms with E-state index < -0.39 is 0 Å². The highest BCUT2D eigenvalue weighted by atomic mass is 14.8. The molecular formula is C4H10N2. The Bertz CT molecular complexity index is 45.5. The average molecular weight is 86.1 g/mol. The van der Waals surface area contributed by atoms with Crippen molar-refractivity contribution in [2.75, 3.05) is 0 Å². The Morgan fingerprint density at radius 1 is 1.00 bits per heavy atom. The predicted octanol–water partition coefficient (Wildman–Crippen LogP) is -0.565. The molecule has 0 heterocycles. The smallest absolute Gasteiger partial charge is 0.0192 e. The monoisotopic (exact) mass is 86.1 g/mol. The SMILES string of the molecule is N[C@H]1CC[C@@H]1N. The zero-order valence-corrected chi connectivity index (χ0v) is 3.72. The molecule has 0 aromatic rings. The first-order valence-electron chi connectivity index (χ1n) is 2.32. The van der Waals surface area contributed by atoms with E-state index in [9.17, 15) is 0 Å². The molecular weight excluding hydrogens is 76.1 g/mol. The third kappa shape index (κ3) is 0.420. The van der Waals surface area contributed by atoms with Crippen LogP contribution < -0.4 is 11.5 Å². The van der Waals surface area contributed by atoms with E-state index in [1.807, 2.05) is 0 Å². The van der Waals surface area contributed by atoms with E-state index in [0.29, 0.717) is 12.1 Å². The third-order valence-corrected chi connectivity index (χ3v) is 1.38. The van der Waals surface area contributed by atoms with Gasteiger partial charge in [0.25, 0.3) is 0 Å². The fraction of sp³-hybridized carbons (Fsp3) is 1.00. The van der Waals surface area contributed by atoms with Gasteiger partial charge in [0, 0.05) is 12.1 Å². The highest BCUT2D eigenvalue weighted by Crippen LogP contribution is 2.13. The van der Waals surface area contributed by atoms with Gasteiger partial charge < -0.3 is 11.5 Å². The topological polar surface area (TPSA) is 52.0 Å². The first kappa shape index (κ1) is 4.09. The Balaban J connectivity index is 2.20. The van der Waals surface area contributed by atoms with Crippen molar-refractivity contribution in [2.45, 2.75) is 24.9 Å². The summed E-state index contributed by atoms with van der Waals surface area (Å²) in [6.45, 7) is 0. The van der Waals surface area contributed by atoms with Crippen LogP contribution in [0.4, 0.5) is 0 Å². The van der Waals surface area contributed by atoms with E-state index in [1.165, 1.54) is 0 Å². The average Bonchev–Trinajstić information content (AvgIpc) is 1.61. The van der Waals surface area contributed by atoms with Crippen LogP contribution in [0.2, 0.25) is 0 Å². The Morgan fingerprint density at radius 2 is 1.33 bits per heavy atom. The van der Waals surface area contributed by atoms with Crippen LogP contribution in [0.5, 0.6) is 0 Å². The summed E-state index contributed by atoms with van der Waals surface area (Å²) in [4.78, 5) is 0. The van der Waals surface area contributed by atoms with Crippen molar-refractivity contribution in [1.82, 2.24) is 0 Å². The molecule has 0 spiro atoms. The Kier molecular flexibility index (Phi) is 0.821. The minimum absolute atomic E-state index is 0.310. The molecule has 0 unspecified atom stereocenters. The molecule has 2 nitrogen and oxygen atoms in total. The lowest BCUT2D eigenvalue weighted by Gasteiger charge is -2.29. The lowest BCUT2D eigenvalue weighted by atomic mass is 9.88. The van der Waals surface area contributed by atoms with Gasteiger partial charge in [0.15, 0.2) is 0 Å². The van der Waals surface area contributed by atoms with Gasteiger partial charge in [-0.2, -0.15) is 0 Å². The van der Waals surface area contributed by atoms with Crippen molar-refractivity contribution < 1.29 is 0 Å². The molecule has 0 bridgehead atoms. The number of rotatable bonds is 0. The molecule has 1 fully saturated rings. The van der Waals surface area contributed by atoms with Crippen LogP contribution in [0, 0.1) is 0 Å². The van der Waals surface area contributed by atoms with E-state index in [0.717, 1.165) is 12.8 Å². The van der Waals surface area contributed by atoms with Gasteiger partial charge in [-0.15, -0.1) is 0 Å². The van der Waals surface area contributed by atoms with Crippen molar-refractivity contribution in [1.29, 1.82) is 0 Å². The normalized spacial score (nSPS) is 45.0. The maximum absolute atomic E-state index is 5.40. The summed E-state index contributed by atoms with van der Waals surface area (Å²) in [5, 5.41) is 0. The molecule has 0 amide bonds. The van der Waals surface area contributed by atoms with Gasteiger partial charge in [-0.1, -0.05) is 0 Å². The maximum atomic E-state index is 5.40. The second kappa shape index (κ2) is 1.21. The molecule has 6 heavy (non-hydrogen) atoms. The highest BCUT2D eigenvalue weighted by molar-refractivity contribution is 4.86. The van der Waals surface area contributed by atoms with Gasteiger partial charge in [0.1, 0.15) is 0 Å². The molecule has 0 aromatic heterocycles. The zero-order chi connectivity index (χ0) is 4.57. The van der Waals surface area contributed by atoms with Crippen LogP contribution in [0.25, 0.3) is 0 Å².